The molecule has 6 nitrogen and oxygen atoms in total. The summed E-state index contributed by atoms with van der Waals surface area (Å²) in [6, 6.07) is 6.32. The number of thiazole rings is 1. The largest absolute Gasteiger partial charge is 0.496 e. The number of benzene rings is 1. The fourth-order valence-corrected chi connectivity index (χ4v) is 4.54. The van der Waals surface area contributed by atoms with Gasteiger partial charge in [-0.25, -0.2) is 4.98 Å². The Kier molecular flexibility index (Phi) is 8.51. The molecule has 1 fully saturated rings. The van der Waals surface area contributed by atoms with Crippen LogP contribution < -0.4 is 15.4 Å². The molecule has 2 heterocycles. The minimum absolute atomic E-state index is 0.689. The van der Waals surface area contributed by atoms with E-state index >= 15 is 0 Å². The molecule has 1 aromatic heterocycles. The van der Waals surface area contributed by atoms with E-state index in [1.807, 2.05) is 13.1 Å². The molecular formula is C23H35N5OS. The molecule has 0 bridgehead atoms. The van der Waals surface area contributed by atoms with Crippen LogP contribution in [0.15, 0.2) is 28.6 Å². The van der Waals surface area contributed by atoms with Crippen LogP contribution in [0.2, 0.25) is 0 Å². The Morgan fingerprint density at radius 3 is 2.73 bits per heavy atom. The Balaban J connectivity index is 1.36. The Morgan fingerprint density at radius 2 is 2.07 bits per heavy atom. The summed E-state index contributed by atoms with van der Waals surface area (Å²) in [6.45, 7) is 9.24. The van der Waals surface area contributed by atoms with Crippen molar-refractivity contribution in [3.05, 3.63) is 45.4 Å². The lowest BCUT2D eigenvalue weighted by Crippen LogP contribution is -2.43. The molecule has 0 unspecified atom stereocenters. The first-order chi connectivity index (χ1) is 14.6. The van der Waals surface area contributed by atoms with E-state index < -0.39 is 0 Å². The summed E-state index contributed by atoms with van der Waals surface area (Å²) in [5.41, 5.74) is 3.69. The summed E-state index contributed by atoms with van der Waals surface area (Å²) >= 11 is 1.74. The Bertz CT molecular complexity index is 827. The van der Waals surface area contributed by atoms with Gasteiger partial charge in [0.1, 0.15) is 5.75 Å². The summed E-state index contributed by atoms with van der Waals surface area (Å²) < 4.78 is 5.48. The first kappa shape index (κ1) is 22.6. The number of nitrogens with zero attached hydrogens (tertiary/aromatic N) is 3. The van der Waals surface area contributed by atoms with E-state index in [2.05, 4.69) is 56.9 Å². The minimum Gasteiger partial charge on any atom is -0.496 e. The van der Waals surface area contributed by atoms with Crippen LogP contribution in [0.4, 0.5) is 0 Å². The standard InChI is InChI=1S/C23H35N5OS/c1-17-5-6-22(29-4)20(13-17)7-10-25-23(24-3)26-14-19-8-11-28(12-9-19)15-21-16-30-18(2)27-21/h5-6,13,16,19H,7-12,14-15H2,1-4H3,(H2,24,25,26). The van der Waals surface area contributed by atoms with Crippen molar-refractivity contribution in [2.24, 2.45) is 10.9 Å². The molecule has 1 aromatic carbocycles. The zero-order valence-electron chi connectivity index (χ0n) is 18.7. The molecule has 2 aromatic rings. The average Bonchev–Trinajstić information content (AvgIpc) is 3.16. The summed E-state index contributed by atoms with van der Waals surface area (Å²) in [5.74, 6) is 2.51. The molecule has 0 saturated carbocycles. The van der Waals surface area contributed by atoms with Gasteiger partial charge in [0.25, 0.3) is 0 Å². The van der Waals surface area contributed by atoms with Crippen molar-refractivity contribution < 1.29 is 4.74 Å². The van der Waals surface area contributed by atoms with E-state index in [1.54, 1.807) is 18.4 Å². The molecule has 0 atom stereocenters. The summed E-state index contributed by atoms with van der Waals surface area (Å²) in [4.78, 5) is 11.5. The number of piperidine rings is 1. The number of aromatic nitrogens is 1. The highest BCUT2D eigenvalue weighted by Crippen LogP contribution is 2.20. The monoisotopic (exact) mass is 429 g/mol. The maximum atomic E-state index is 5.48. The van der Waals surface area contributed by atoms with Gasteiger partial charge in [0.15, 0.2) is 5.96 Å². The number of guanidine groups is 1. The van der Waals surface area contributed by atoms with Gasteiger partial charge in [0.2, 0.25) is 0 Å². The average molecular weight is 430 g/mol. The van der Waals surface area contributed by atoms with Crippen molar-refractivity contribution in [3.8, 4) is 5.75 Å². The fraction of sp³-hybridized carbons (Fsp3) is 0.565. The van der Waals surface area contributed by atoms with Crippen molar-refractivity contribution >= 4 is 17.3 Å². The van der Waals surface area contributed by atoms with Crippen LogP contribution in [-0.4, -0.2) is 56.2 Å². The molecule has 164 valence electrons. The Labute approximate surface area is 184 Å². The van der Waals surface area contributed by atoms with Crippen molar-refractivity contribution in [1.82, 2.24) is 20.5 Å². The maximum Gasteiger partial charge on any atom is 0.190 e. The van der Waals surface area contributed by atoms with Crippen molar-refractivity contribution in [2.75, 3.05) is 40.3 Å². The van der Waals surface area contributed by atoms with Gasteiger partial charge in [-0.05, 0) is 63.7 Å². The highest BCUT2D eigenvalue weighted by atomic mass is 32.1. The third-order valence-corrected chi connectivity index (χ3v) is 6.49. The lowest BCUT2D eigenvalue weighted by Gasteiger charge is -2.31. The maximum absolute atomic E-state index is 5.48. The van der Waals surface area contributed by atoms with E-state index in [0.29, 0.717) is 5.92 Å². The highest BCUT2D eigenvalue weighted by Gasteiger charge is 2.20. The number of ether oxygens (including phenoxy) is 1. The highest BCUT2D eigenvalue weighted by molar-refractivity contribution is 7.09. The van der Waals surface area contributed by atoms with Crippen LogP contribution in [0, 0.1) is 19.8 Å². The second-order valence-corrected chi connectivity index (χ2v) is 9.08. The Morgan fingerprint density at radius 1 is 1.27 bits per heavy atom. The summed E-state index contributed by atoms with van der Waals surface area (Å²) in [7, 11) is 3.56. The molecule has 7 heteroatoms. The lowest BCUT2D eigenvalue weighted by molar-refractivity contribution is 0.176. The molecule has 0 spiro atoms. The second-order valence-electron chi connectivity index (χ2n) is 8.02. The predicted octanol–water partition coefficient (Wildman–Crippen LogP) is 3.39. The first-order valence-electron chi connectivity index (χ1n) is 10.8. The molecule has 30 heavy (non-hydrogen) atoms. The lowest BCUT2D eigenvalue weighted by atomic mass is 9.97. The van der Waals surface area contributed by atoms with Gasteiger partial charge in [0.05, 0.1) is 17.8 Å². The zero-order chi connectivity index (χ0) is 21.3. The second kappa shape index (κ2) is 11.3. The van der Waals surface area contributed by atoms with Crippen LogP contribution in [0.25, 0.3) is 0 Å². The van der Waals surface area contributed by atoms with Crippen molar-refractivity contribution in [1.29, 1.82) is 0 Å². The first-order valence-corrected chi connectivity index (χ1v) is 11.7. The number of likely N-dealkylation sites (tertiary alicyclic amines) is 1. The molecule has 1 aliphatic heterocycles. The molecule has 2 N–H and O–H groups in total. The van der Waals surface area contributed by atoms with Gasteiger partial charge in [-0.2, -0.15) is 0 Å². The quantitative estimate of drug-likeness (QED) is 0.498. The Hall–Kier alpha value is -2.12. The van der Waals surface area contributed by atoms with Gasteiger partial charge >= 0.3 is 0 Å². The number of hydrogen-bond donors (Lipinski definition) is 2. The third-order valence-electron chi connectivity index (χ3n) is 5.66. The van der Waals surface area contributed by atoms with Gasteiger partial charge < -0.3 is 15.4 Å². The number of aryl methyl sites for hydroxylation is 2. The smallest absolute Gasteiger partial charge is 0.190 e. The van der Waals surface area contributed by atoms with Gasteiger partial charge in [-0.1, -0.05) is 17.7 Å². The number of rotatable bonds is 8. The van der Waals surface area contributed by atoms with E-state index in [1.165, 1.54) is 29.7 Å². The van der Waals surface area contributed by atoms with Gasteiger partial charge in [-0.15, -0.1) is 11.3 Å². The van der Waals surface area contributed by atoms with Crippen LogP contribution in [0.5, 0.6) is 5.75 Å². The van der Waals surface area contributed by atoms with Crippen LogP contribution >= 0.6 is 11.3 Å². The van der Waals surface area contributed by atoms with Crippen LogP contribution in [-0.2, 0) is 13.0 Å². The fourth-order valence-electron chi connectivity index (χ4n) is 3.94. The summed E-state index contributed by atoms with van der Waals surface area (Å²) in [5, 5.41) is 10.3. The van der Waals surface area contributed by atoms with E-state index in [4.69, 9.17) is 4.74 Å². The molecule has 0 radical (unpaired) electrons. The van der Waals surface area contributed by atoms with E-state index in [9.17, 15) is 0 Å². The molecule has 0 amide bonds. The molecule has 1 aliphatic rings. The van der Waals surface area contributed by atoms with Gasteiger partial charge in [-0.3, -0.25) is 9.89 Å². The number of nitrogens with one attached hydrogen (secondary N) is 2. The third kappa shape index (κ3) is 6.71. The summed E-state index contributed by atoms with van der Waals surface area (Å²) in [6.07, 6.45) is 3.33. The molecule has 3 rings (SSSR count). The number of hydrogen-bond acceptors (Lipinski definition) is 5. The van der Waals surface area contributed by atoms with E-state index in [-0.39, 0.29) is 0 Å². The van der Waals surface area contributed by atoms with Crippen LogP contribution in [0.3, 0.4) is 0 Å². The predicted molar refractivity (Wildman–Crippen MR) is 126 cm³/mol. The van der Waals surface area contributed by atoms with E-state index in [0.717, 1.165) is 55.9 Å². The van der Waals surface area contributed by atoms with Crippen LogP contribution in [0.1, 0.15) is 34.7 Å². The topological polar surface area (TPSA) is 61.8 Å². The molecule has 0 aliphatic carbocycles. The molecular weight excluding hydrogens is 394 g/mol. The van der Waals surface area contributed by atoms with Gasteiger partial charge in [0, 0.05) is 32.1 Å². The SMILES string of the molecule is CN=C(NCCc1cc(C)ccc1OC)NCC1CCN(Cc2csc(C)n2)CC1. The number of methoxy groups -OCH3 is 1. The minimum atomic E-state index is 0.689. The zero-order valence-corrected chi connectivity index (χ0v) is 19.5. The molecule has 1 saturated heterocycles. The van der Waals surface area contributed by atoms with Crippen molar-refractivity contribution in [2.45, 2.75) is 39.7 Å². The number of aliphatic imine (C=N–C) groups is 1. The normalized spacial score (nSPS) is 15.9. The van der Waals surface area contributed by atoms with Crippen molar-refractivity contribution in [3.63, 3.8) is 0 Å².